The molecule has 4 fully saturated rings. The third kappa shape index (κ3) is 7.88. The van der Waals surface area contributed by atoms with E-state index in [1.54, 1.807) is 55.5 Å². The third-order valence-corrected chi connectivity index (χ3v) is 11.0. The zero-order valence-electron chi connectivity index (χ0n) is 32.8. The first-order valence-corrected chi connectivity index (χ1v) is 19.2. The lowest BCUT2D eigenvalue weighted by molar-refractivity contribution is -0.124. The van der Waals surface area contributed by atoms with E-state index < -0.39 is 6.29 Å². The highest BCUT2D eigenvalue weighted by Gasteiger charge is 2.59. The SMILES string of the molecule is C/C=C\C1CC(C=C(C)C)C2C(=O)N(c3ccc(OCCOC(C)Oc4ccc(N5C(=O)C6C(C=C(C)C)CC(C=C(C)C)C6C5=O)cc4)cc3)C(=O)C12. The second-order valence-corrected chi connectivity index (χ2v) is 15.9. The molecule has 2 heterocycles. The van der Waals surface area contributed by atoms with Crippen LogP contribution in [0.25, 0.3) is 0 Å². The van der Waals surface area contributed by atoms with Crippen molar-refractivity contribution in [3.63, 3.8) is 0 Å². The number of anilines is 2. The predicted molar refractivity (Wildman–Crippen MR) is 210 cm³/mol. The third-order valence-electron chi connectivity index (χ3n) is 11.0. The molecule has 9 nitrogen and oxygen atoms in total. The summed E-state index contributed by atoms with van der Waals surface area (Å²) < 4.78 is 17.7. The van der Waals surface area contributed by atoms with E-state index in [0.717, 1.165) is 29.6 Å². The fourth-order valence-electron chi connectivity index (χ4n) is 9.16. The second-order valence-electron chi connectivity index (χ2n) is 15.9. The first-order valence-electron chi connectivity index (χ1n) is 19.2. The van der Waals surface area contributed by atoms with Crippen LogP contribution in [0.1, 0.15) is 68.2 Å². The quantitative estimate of drug-likeness (QED) is 0.0881. The molecule has 9 unspecified atom stereocenters. The molecule has 0 N–H and O–H groups in total. The fraction of sp³-hybridized carbons (Fsp3) is 0.467. The minimum Gasteiger partial charge on any atom is -0.491 e. The van der Waals surface area contributed by atoms with Gasteiger partial charge in [-0.3, -0.25) is 29.0 Å². The van der Waals surface area contributed by atoms with E-state index in [1.165, 1.54) is 9.80 Å². The summed E-state index contributed by atoms with van der Waals surface area (Å²) in [6.07, 6.45) is 11.5. The van der Waals surface area contributed by atoms with Gasteiger partial charge in [0, 0.05) is 0 Å². The topological polar surface area (TPSA) is 102 Å². The molecule has 54 heavy (non-hydrogen) atoms. The molecule has 2 aromatic rings. The van der Waals surface area contributed by atoms with Gasteiger partial charge in [0.15, 0.2) is 6.29 Å². The van der Waals surface area contributed by atoms with Crippen molar-refractivity contribution >= 4 is 35.0 Å². The molecule has 6 rings (SSSR count). The lowest BCUT2D eigenvalue weighted by Crippen LogP contribution is -2.33. The van der Waals surface area contributed by atoms with E-state index in [2.05, 4.69) is 24.3 Å². The summed E-state index contributed by atoms with van der Waals surface area (Å²) in [5.74, 6) is -0.628. The van der Waals surface area contributed by atoms with Gasteiger partial charge < -0.3 is 14.2 Å². The van der Waals surface area contributed by atoms with Crippen LogP contribution < -0.4 is 19.3 Å². The molecule has 2 aliphatic carbocycles. The minimum absolute atomic E-state index is 0.0368. The highest BCUT2D eigenvalue weighted by molar-refractivity contribution is 6.23. The van der Waals surface area contributed by atoms with E-state index in [9.17, 15) is 19.2 Å². The lowest BCUT2D eigenvalue weighted by Gasteiger charge is -2.20. The number of amides is 4. The van der Waals surface area contributed by atoms with Crippen LogP contribution >= 0.6 is 0 Å². The molecule has 9 atom stereocenters. The normalized spacial score (nSPS) is 28.0. The molecule has 0 aromatic heterocycles. The van der Waals surface area contributed by atoms with Gasteiger partial charge in [-0.05, 0) is 140 Å². The maximum absolute atomic E-state index is 13.7. The van der Waals surface area contributed by atoms with Crippen molar-refractivity contribution in [1.82, 2.24) is 0 Å². The molecule has 0 bridgehead atoms. The summed E-state index contributed by atoms with van der Waals surface area (Å²) in [5.41, 5.74) is 4.54. The summed E-state index contributed by atoms with van der Waals surface area (Å²) >= 11 is 0. The Labute approximate surface area is 319 Å². The van der Waals surface area contributed by atoms with Crippen LogP contribution in [0.3, 0.4) is 0 Å². The number of carbonyl (C=O) groups is 4. The van der Waals surface area contributed by atoms with Gasteiger partial charge in [-0.2, -0.15) is 0 Å². The molecule has 9 heteroatoms. The molecule has 2 aromatic carbocycles. The van der Waals surface area contributed by atoms with Gasteiger partial charge in [-0.1, -0.05) is 47.1 Å². The average Bonchev–Trinajstić information content (AvgIpc) is 3.79. The van der Waals surface area contributed by atoms with Crippen LogP contribution in [0.15, 0.2) is 95.6 Å². The van der Waals surface area contributed by atoms with Crippen molar-refractivity contribution in [3.8, 4) is 11.5 Å². The molecule has 0 spiro atoms. The number of benzene rings is 2. The molecular formula is C45H54N2O7. The highest BCUT2D eigenvalue weighted by Crippen LogP contribution is 2.51. The van der Waals surface area contributed by atoms with Gasteiger partial charge in [0.25, 0.3) is 0 Å². The van der Waals surface area contributed by atoms with E-state index >= 15 is 0 Å². The van der Waals surface area contributed by atoms with Crippen molar-refractivity contribution in [2.24, 2.45) is 47.3 Å². The van der Waals surface area contributed by atoms with Crippen molar-refractivity contribution < 1.29 is 33.4 Å². The van der Waals surface area contributed by atoms with E-state index in [1.807, 2.05) is 54.5 Å². The van der Waals surface area contributed by atoms with Crippen molar-refractivity contribution in [3.05, 3.63) is 95.6 Å². The minimum atomic E-state index is -0.584. The van der Waals surface area contributed by atoms with Crippen LogP contribution in [0, 0.1) is 47.3 Å². The fourth-order valence-corrected chi connectivity index (χ4v) is 9.16. The number of nitrogens with zero attached hydrogens (tertiary/aromatic N) is 2. The monoisotopic (exact) mass is 734 g/mol. The van der Waals surface area contributed by atoms with Crippen LogP contribution in [-0.4, -0.2) is 43.1 Å². The van der Waals surface area contributed by atoms with Crippen molar-refractivity contribution in [2.45, 2.75) is 74.5 Å². The van der Waals surface area contributed by atoms with E-state index in [4.69, 9.17) is 14.2 Å². The molecule has 2 saturated carbocycles. The molecule has 4 amide bonds. The number of ether oxygens (including phenoxy) is 3. The molecule has 2 saturated heterocycles. The van der Waals surface area contributed by atoms with Crippen LogP contribution in [0.4, 0.5) is 11.4 Å². The first kappa shape index (κ1) is 38.9. The van der Waals surface area contributed by atoms with Crippen molar-refractivity contribution in [1.29, 1.82) is 0 Å². The number of carbonyl (C=O) groups excluding carboxylic acids is 4. The van der Waals surface area contributed by atoms with Crippen molar-refractivity contribution in [2.75, 3.05) is 23.0 Å². The Morgan fingerprint density at radius 3 is 1.41 bits per heavy atom. The molecule has 2 aliphatic heterocycles. The Balaban J connectivity index is 0.997. The van der Waals surface area contributed by atoms with Gasteiger partial charge in [0.2, 0.25) is 23.6 Å². The maximum atomic E-state index is 13.7. The van der Waals surface area contributed by atoms with Gasteiger partial charge in [0.1, 0.15) is 18.1 Å². The Hall–Kier alpha value is -4.76. The predicted octanol–water partition coefficient (Wildman–Crippen LogP) is 8.47. The van der Waals surface area contributed by atoms with Crippen LogP contribution in [0.2, 0.25) is 0 Å². The molecular weight excluding hydrogens is 681 g/mol. The smallest absolute Gasteiger partial charge is 0.238 e. The zero-order chi connectivity index (χ0) is 38.8. The Morgan fingerprint density at radius 1 is 0.611 bits per heavy atom. The number of allylic oxidation sites excluding steroid dienone is 8. The largest absolute Gasteiger partial charge is 0.491 e. The Morgan fingerprint density at radius 2 is 1.00 bits per heavy atom. The summed E-state index contributed by atoms with van der Waals surface area (Å²) in [6, 6.07) is 14.0. The summed E-state index contributed by atoms with van der Waals surface area (Å²) in [6.45, 7) is 16.4. The van der Waals surface area contributed by atoms with Crippen LogP contribution in [0.5, 0.6) is 11.5 Å². The van der Waals surface area contributed by atoms with E-state index in [0.29, 0.717) is 22.9 Å². The maximum Gasteiger partial charge on any atom is 0.238 e. The van der Waals surface area contributed by atoms with Crippen LogP contribution in [-0.2, 0) is 23.9 Å². The summed E-state index contributed by atoms with van der Waals surface area (Å²) in [5, 5.41) is 0. The van der Waals surface area contributed by atoms with Gasteiger partial charge in [0.05, 0.1) is 41.7 Å². The number of hydrogen-bond donors (Lipinski definition) is 0. The number of imide groups is 2. The van der Waals surface area contributed by atoms with Gasteiger partial charge in [-0.15, -0.1) is 0 Å². The summed E-state index contributed by atoms with van der Waals surface area (Å²) in [7, 11) is 0. The number of hydrogen-bond acceptors (Lipinski definition) is 7. The average molecular weight is 735 g/mol. The zero-order valence-corrected chi connectivity index (χ0v) is 32.8. The Bertz CT molecular complexity index is 1820. The molecule has 4 aliphatic rings. The number of rotatable bonds is 13. The molecule has 0 radical (unpaired) electrons. The number of fused-ring (bicyclic) bond motifs is 2. The standard InChI is InChI=1S/C45H54N2O7/c1-9-10-30-24-31(21-26(2)3)39-38(30)42(48)46(43(39)49)34-11-15-36(16-12-34)53-20-19-52-29(8)54-37-17-13-35(14-18-37)47-44(50)40-32(22-27(4)5)25-33(23-28(6)7)41(40)45(47)51/h9-18,21-23,29-33,38-41H,19-20,24-25H2,1-8H3/b10-9-. The lowest BCUT2D eigenvalue weighted by atomic mass is 9.88. The Kier molecular flexibility index (Phi) is 11.8. The summed E-state index contributed by atoms with van der Waals surface area (Å²) in [4.78, 5) is 57.3. The highest BCUT2D eigenvalue weighted by atomic mass is 16.7. The second kappa shape index (κ2) is 16.3. The van der Waals surface area contributed by atoms with E-state index in [-0.39, 0.29) is 84.2 Å². The first-order chi connectivity index (χ1) is 25.8. The molecule has 286 valence electrons. The van der Waals surface area contributed by atoms with Gasteiger partial charge >= 0.3 is 0 Å². The van der Waals surface area contributed by atoms with Gasteiger partial charge in [-0.25, -0.2) is 0 Å².